The lowest BCUT2D eigenvalue weighted by atomic mass is 10.2. The molecule has 102 valence electrons. The summed E-state index contributed by atoms with van der Waals surface area (Å²) in [6.45, 7) is 4.42. The quantitative estimate of drug-likeness (QED) is 0.840. The van der Waals surface area contributed by atoms with Gasteiger partial charge in [0, 0.05) is 17.5 Å². The lowest BCUT2D eigenvalue weighted by molar-refractivity contribution is 0.575. The third kappa shape index (κ3) is 2.93. The molecule has 1 aromatic heterocycles. The van der Waals surface area contributed by atoms with E-state index in [2.05, 4.69) is 11.6 Å². The average molecular weight is 288 g/mol. The molecular weight excluding hydrogens is 268 g/mol. The predicted octanol–water partition coefficient (Wildman–Crippen LogP) is 1.98. The molecule has 1 fully saturated rings. The summed E-state index contributed by atoms with van der Waals surface area (Å²) >= 11 is 1.28. The van der Waals surface area contributed by atoms with Crippen LogP contribution in [0.25, 0.3) is 0 Å². The van der Waals surface area contributed by atoms with Gasteiger partial charge in [0.15, 0.2) is 0 Å². The molecule has 0 aliphatic heterocycles. The zero-order valence-corrected chi connectivity index (χ0v) is 12.4. The van der Waals surface area contributed by atoms with E-state index in [0.717, 1.165) is 29.7 Å². The fourth-order valence-electron chi connectivity index (χ4n) is 2.16. The van der Waals surface area contributed by atoms with Crippen LogP contribution in [0.3, 0.4) is 0 Å². The molecule has 1 saturated carbocycles. The minimum atomic E-state index is -3.35. The zero-order valence-electron chi connectivity index (χ0n) is 10.8. The molecule has 2 rings (SSSR count). The fraction of sp³-hybridized carbons (Fsp3) is 0.667. The van der Waals surface area contributed by atoms with Crippen molar-refractivity contribution in [3.8, 4) is 0 Å². The molecule has 6 heteroatoms. The van der Waals surface area contributed by atoms with Crippen molar-refractivity contribution < 1.29 is 8.42 Å². The van der Waals surface area contributed by atoms with Crippen LogP contribution in [-0.2, 0) is 16.6 Å². The number of hydrogen-bond donors (Lipinski definition) is 2. The van der Waals surface area contributed by atoms with Crippen LogP contribution in [0.15, 0.2) is 10.3 Å². The number of nitrogens with two attached hydrogens (primary N) is 1. The van der Waals surface area contributed by atoms with E-state index in [0.29, 0.717) is 16.7 Å². The van der Waals surface area contributed by atoms with E-state index in [1.165, 1.54) is 11.3 Å². The molecule has 18 heavy (non-hydrogen) atoms. The van der Waals surface area contributed by atoms with Crippen molar-refractivity contribution in [3.05, 3.63) is 16.5 Å². The van der Waals surface area contributed by atoms with Gasteiger partial charge in [-0.05, 0) is 37.3 Å². The van der Waals surface area contributed by atoms with Gasteiger partial charge in [-0.2, -0.15) is 0 Å². The van der Waals surface area contributed by atoms with Crippen LogP contribution in [0.5, 0.6) is 0 Å². The molecule has 0 spiro atoms. The summed E-state index contributed by atoms with van der Waals surface area (Å²) < 4.78 is 27.5. The van der Waals surface area contributed by atoms with E-state index < -0.39 is 10.0 Å². The molecule has 2 atom stereocenters. The molecule has 1 aliphatic rings. The highest BCUT2D eigenvalue weighted by Gasteiger charge is 2.39. The number of rotatable bonds is 6. The maximum atomic E-state index is 12.2. The summed E-state index contributed by atoms with van der Waals surface area (Å²) in [6.07, 6.45) is 3.18. The molecule has 1 aliphatic carbocycles. The Balaban J connectivity index is 2.07. The summed E-state index contributed by atoms with van der Waals surface area (Å²) in [6, 6.07) is 1.85. The Kier molecular flexibility index (Phi) is 4.11. The second kappa shape index (κ2) is 5.28. The number of thiophene rings is 1. The Morgan fingerprint density at radius 1 is 1.56 bits per heavy atom. The van der Waals surface area contributed by atoms with Gasteiger partial charge in [0.25, 0.3) is 0 Å². The molecule has 3 N–H and O–H groups in total. The summed E-state index contributed by atoms with van der Waals surface area (Å²) in [5, 5.41) is 0. The van der Waals surface area contributed by atoms with Gasteiger partial charge >= 0.3 is 0 Å². The molecular formula is C12H20N2O2S2. The van der Waals surface area contributed by atoms with Crippen molar-refractivity contribution in [2.45, 2.75) is 49.9 Å². The van der Waals surface area contributed by atoms with Gasteiger partial charge in [0.2, 0.25) is 10.0 Å². The van der Waals surface area contributed by atoms with Crippen molar-refractivity contribution in [3.63, 3.8) is 0 Å². The highest BCUT2D eigenvalue weighted by molar-refractivity contribution is 7.91. The maximum Gasteiger partial charge on any atom is 0.250 e. The summed E-state index contributed by atoms with van der Waals surface area (Å²) in [5.41, 5.74) is 6.54. The monoisotopic (exact) mass is 288 g/mol. The van der Waals surface area contributed by atoms with Crippen LogP contribution in [-0.4, -0.2) is 14.5 Å². The lowest BCUT2D eigenvalue weighted by Gasteiger charge is -2.03. The maximum absolute atomic E-state index is 12.2. The van der Waals surface area contributed by atoms with Gasteiger partial charge in [-0.25, -0.2) is 13.1 Å². The standard InChI is InChI=1S/C12H20N2O2S2/c1-3-4-9-6-10(9)14-18(15,16)12-5-8(2)11(7-13)17-12/h5,9-10,14H,3-4,6-7,13H2,1-2H3. The van der Waals surface area contributed by atoms with Gasteiger partial charge in [-0.3, -0.25) is 0 Å². The van der Waals surface area contributed by atoms with E-state index in [9.17, 15) is 8.42 Å². The summed E-state index contributed by atoms with van der Waals surface area (Å²) in [4.78, 5) is 0.941. The van der Waals surface area contributed by atoms with Gasteiger partial charge in [-0.1, -0.05) is 13.3 Å². The van der Waals surface area contributed by atoms with Crippen LogP contribution in [0.4, 0.5) is 0 Å². The van der Waals surface area contributed by atoms with E-state index in [1.807, 2.05) is 6.92 Å². The van der Waals surface area contributed by atoms with E-state index in [1.54, 1.807) is 6.07 Å². The van der Waals surface area contributed by atoms with Crippen LogP contribution >= 0.6 is 11.3 Å². The Bertz CT molecular complexity index is 522. The highest BCUT2D eigenvalue weighted by Crippen LogP contribution is 2.36. The topological polar surface area (TPSA) is 72.2 Å². The summed E-state index contributed by atoms with van der Waals surface area (Å²) in [7, 11) is -3.35. The normalized spacial score (nSPS) is 23.3. The SMILES string of the molecule is CCCC1CC1NS(=O)(=O)c1cc(C)c(CN)s1. The molecule has 0 bridgehead atoms. The molecule has 1 aromatic rings. The number of hydrogen-bond acceptors (Lipinski definition) is 4. The first kappa shape index (κ1) is 14.0. The Morgan fingerprint density at radius 3 is 2.83 bits per heavy atom. The Hall–Kier alpha value is -0.430. The molecule has 4 nitrogen and oxygen atoms in total. The lowest BCUT2D eigenvalue weighted by Crippen LogP contribution is -2.26. The highest BCUT2D eigenvalue weighted by atomic mass is 32.2. The first-order valence-electron chi connectivity index (χ1n) is 6.29. The second-order valence-electron chi connectivity index (χ2n) is 4.89. The van der Waals surface area contributed by atoms with Crippen LogP contribution in [0, 0.1) is 12.8 Å². The average Bonchev–Trinajstić information content (AvgIpc) is 2.88. The third-order valence-electron chi connectivity index (χ3n) is 3.34. The second-order valence-corrected chi connectivity index (χ2v) is 7.97. The summed E-state index contributed by atoms with van der Waals surface area (Å²) in [5.74, 6) is 0.528. The van der Waals surface area contributed by atoms with Crippen molar-refractivity contribution in [2.75, 3.05) is 0 Å². The number of sulfonamides is 1. The Labute approximate surface area is 113 Å². The van der Waals surface area contributed by atoms with Gasteiger partial charge in [0.1, 0.15) is 4.21 Å². The van der Waals surface area contributed by atoms with E-state index in [-0.39, 0.29) is 6.04 Å². The Morgan fingerprint density at radius 2 is 2.28 bits per heavy atom. The fourth-order valence-corrected chi connectivity index (χ4v) is 4.96. The van der Waals surface area contributed by atoms with E-state index >= 15 is 0 Å². The molecule has 0 radical (unpaired) electrons. The number of aryl methyl sites for hydroxylation is 1. The van der Waals surface area contributed by atoms with Gasteiger partial charge in [0.05, 0.1) is 0 Å². The van der Waals surface area contributed by atoms with E-state index in [4.69, 9.17) is 5.73 Å². The molecule has 0 saturated heterocycles. The smallest absolute Gasteiger partial charge is 0.250 e. The molecule has 0 amide bonds. The van der Waals surface area contributed by atoms with Crippen molar-refractivity contribution >= 4 is 21.4 Å². The molecule has 0 aromatic carbocycles. The van der Waals surface area contributed by atoms with Gasteiger partial charge in [-0.15, -0.1) is 11.3 Å². The van der Waals surface area contributed by atoms with Gasteiger partial charge < -0.3 is 5.73 Å². The first-order chi connectivity index (χ1) is 8.47. The minimum Gasteiger partial charge on any atom is -0.326 e. The van der Waals surface area contributed by atoms with Crippen LogP contribution in [0.2, 0.25) is 0 Å². The minimum absolute atomic E-state index is 0.138. The van der Waals surface area contributed by atoms with Crippen LogP contribution < -0.4 is 10.5 Å². The molecule has 1 heterocycles. The van der Waals surface area contributed by atoms with Crippen molar-refractivity contribution in [1.82, 2.24) is 4.72 Å². The predicted molar refractivity (Wildman–Crippen MR) is 74.1 cm³/mol. The zero-order chi connectivity index (χ0) is 13.3. The van der Waals surface area contributed by atoms with Crippen LogP contribution in [0.1, 0.15) is 36.6 Å². The largest absolute Gasteiger partial charge is 0.326 e. The number of nitrogens with one attached hydrogen (secondary N) is 1. The van der Waals surface area contributed by atoms with Crippen molar-refractivity contribution in [1.29, 1.82) is 0 Å². The third-order valence-corrected chi connectivity index (χ3v) is 6.56. The first-order valence-corrected chi connectivity index (χ1v) is 8.59. The molecule has 2 unspecified atom stereocenters. The van der Waals surface area contributed by atoms with Crippen molar-refractivity contribution in [2.24, 2.45) is 11.7 Å².